The standard InChI is InChI=1S/C16H30N2O2.C10H16S.C2H2/c1-6-16(4,5)18-15(20)14-12(7-11(2)3)8-13(14)9-17-10-19;1-5-7-10(11-4)8-9(3)6-2;1-2/h10-14H,6-9H2,1-5H3,(H,17,19)(H,18,20);5-8H,1-4H3;1-2H/b;7-5-,9-6+,10-8+;. The first-order valence-electron chi connectivity index (χ1n) is 11.9. The molecule has 5 heteroatoms. The molecule has 0 radical (unpaired) electrons. The molecule has 188 valence electrons. The molecule has 0 aromatic rings. The Bertz CT molecular complexity index is 675. The van der Waals surface area contributed by atoms with Gasteiger partial charge in [-0.2, -0.15) is 0 Å². The van der Waals surface area contributed by atoms with E-state index in [-0.39, 0.29) is 23.3 Å². The van der Waals surface area contributed by atoms with Crippen LogP contribution in [0.3, 0.4) is 0 Å². The lowest BCUT2D eigenvalue weighted by Crippen LogP contribution is -2.55. The lowest BCUT2D eigenvalue weighted by molar-refractivity contribution is -0.137. The predicted octanol–water partition coefficient (Wildman–Crippen LogP) is 6.36. The van der Waals surface area contributed by atoms with Crippen LogP contribution in [0.4, 0.5) is 0 Å². The second-order valence-corrected chi connectivity index (χ2v) is 10.3. The molecule has 0 aromatic carbocycles. The molecule has 1 aliphatic carbocycles. The topological polar surface area (TPSA) is 58.2 Å². The van der Waals surface area contributed by atoms with Gasteiger partial charge in [0.15, 0.2) is 0 Å². The summed E-state index contributed by atoms with van der Waals surface area (Å²) in [6.45, 7) is 17.4. The second-order valence-electron chi connectivity index (χ2n) is 9.45. The Kier molecular flexibility index (Phi) is 18.6. The number of hydrogen-bond acceptors (Lipinski definition) is 3. The van der Waals surface area contributed by atoms with Crippen LogP contribution >= 0.6 is 11.8 Å². The van der Waals surface area contributed by atoms with Crippen LogP contribution in [0.15, 0.2) is 34.8 Å². The van der Waals surface area contributed by atoms with E-state index in [1.807, 2.05) is 6.92 Å². The summed E-state index contributed by atoms with van der Waals surface area (Å²) in [5, 5.41) is 5.89. The lowest BCUT2D eigenvalue weighted by atomic mass is 9.61. The molecule has 0 heterocycles. The number of terminal acetylenes is 1. The monoisotopic (exact) mass is 476 g/mol. The van der Waals surface area contributed by atoms with Crippen LogP contribution in [0.2, 0.25) is 0 Å². The van der Waals surface area contributed by atoms with Gasteiger partial charge in [-0.15, -0.1) is 24.6 Å². The summed E-state index contributed by atoms with van der Waals surface area (Å²) in [6.07, 6.45) is 22.3. The number of rotatable bonds is 11. The van der Waals surface area contributed by atoms with Crippen LogP contribution < -0.4 is 10.6 Å². The molecular formula is C28H48N2O2S. The largest absolute Gasteiger partial charge is 0.358 e. The van der Waals surface area contributed by atoms with Crippen molar-refractivity contribution in [2.24, 2.45) is 23.7 Å². The van der Waals surface area contributed by atoms with Crippen LogP contribution in [0.1, 0.15) is 74.7 Å². The third-order valence-electron chi connectivity index (χ3n) is 5.90. The molecule has 2 amide bonds. The maximum Gasteiger partial charge on any atom is 0.224 e. The van der Waals surface area contributed by atoms with E-state index in [4.69, 9.17) is 0 Å². The van der Waals surface area contributed by atoms with Crippen LogP contribution in [0.25, 0.3) is 0 Å². The summed E-state index contributed by atoms with van der Waals surface area (Å²) in [6, 6.07) is 0. The van der Waals surface area contributed by atoms with Crippen LogP contribution in [-0.2, 0) is 9.59 Å². The van der Waals surface area contributed by atoms with E-state index in [2.05, 4.69) is 103 Å². The van der Waals surface area contributed by atoms with Gasteiger partial charge in [-0.05, 0) is 84.0 Å². The van der Waals surface area contributed by atoms with Gasteiger partial charge in [-0.1, -0.05) is 44.6 Å². The fourth-order valence-corrected chi connectivity index (χ4v) is 4.29. The average molecular weight is 477 g/mol. The molecule has 0 aliphatic heterocycles. The molecule has 2 N–H and O–H groups in total. The molecule has 0 aromatic heterocycles. The number of thioether (sulfide) groups is 1. The average Bonchev–Trinajstić information content (AvgIpc) is 2.76. The van der Waals surface area contributed by atoms with Crippen molar-refractivity contribution < 1.29 is 9.59 Å². The molecule has 3 atom stereocenters. The molecule has 1 aliphatic rings. The summed E-state index contributed by atoms with van der Waals surface area (Å²) in [5.74, 6) is 1.56. The maximum absolute atomic E-state index is 12.5. The highest BCUT2D eigenvalue weighted by molar-refractivity contribution is 8.02. The summed E-state index contributed by atoms with van der Waals surface area (Å²) in [7, 11) is 0. The molecule has 33 heavy (non-hydrogen) atoms. The normalized spacial score (nSPS) is 20.7. The van der Waals surface area contributed by atoms with Crippen molar-refractivity contribution in [3.8, 4) is 12.8 Å². The van der Waals surface area contributed by atoms with Crippen molar-refractivity contribution in [3.05, 3.63) is 34.8 Å². The van der Waals surface area contributed by atoms with Gasteiger partial charge < -0.3 is 10.6 Å². The molecule has 1 rings (SSSR count). The van der Waals surface area contributed by atoms with Crippen LogP contribution in [0, 0.1) is 36.5 Å². The number of nitrogens with one attached hydrogen (secondary N) is 2. The first-order valence-corrected chi connectivity index (χ1v) is 13.1. The van der Waals surface area contributed by atoms with Gasteiger partial charge >= 0.3 is 0 Å². The van der Waals surface area contributed by atoms with Crippen molar-refractivity contribution in [1.82, 2.24) is 10.6 Å². The van der Waals surface area contributed by atoms with Crippen molar-refractivity contribution in [3.63, 3.8) is 0 Å². The van der Waals surface area contributed by atoms with E-state index in [9.17, 15) is 9.59 Å². The fourth-order valence-electron chi connectivity index (χ4n) is 3.71. The van der Waals surface area contributed by atoms with Gasteiger partial charge in [0.2, 0.25) is 12.3 Å². The molecule has 0 bridgehead atoms. The molecule has 1 saturated carbocycles. The second kappa shape index (κ2) is 18.5. The highest BCUT2D eigenvalue weighted by atomic mass is 32.2. The number of hydrogen-bond donors (Lipinski definition) is 2. The van der Waals surface area contributed by atoms with Crippen molar-refractivity contribution in [2.45, 2.75) is 80.2 Å². The minimum atomic E-state index is -0.155. The van der Waals surface area contributed by atoms with E-state index in [1.54, 1.807) is 11.8 Å². The molecular weight excluding hydrogens is 428 g/mol. The van der Waals surface area contributed by atoms with Gasteiger partial charge in [-0.25, -0.2) is 0 Å². The number of carbonyl (C=O) groups is 2. The Morgan fingerprint density at radius 1 is 1.21 bits per heavy atom. The number of amides is 2. The summed E-state index contributed by atoms with van der Waals surface area (Å²) in [4.78, 5) is 24.3. The van der Waals surface area contributed by atoms with Gasteiger partial charge in [-0.3, -0.25) is 9.59 Å². The fraction of sp³-hybridized carbons (Fsp3) is 0.643. The number of allylic oxidation sites excluding steroid dienone is 5. The molecule has 0 saturated heterocycles. The summed E-state index contributed by atoms with van der Waals surface area (Å²) >= 11 is 1.77. The highest BCUT2D eigenvalue weighted by Gasteiger charge is 2.45. The SMILES string of the molecule is C#C.CCC(C)(C)NC(=O)C1C(CNC=O)CC1CC(C)C.C\C=C/C(=C\C(C)=C\C)SC. The van der Waals surface area contributed by atoms with Crippen molar-refractivity contribution in [2.75, 3.05) is 12.8 Å². The lowest BCUT2D eigenvalue weighted by Gasteiger charge is -2.45. The molecule has 1 fully saturated rings. The Morgan fingerprint density at radius 3 is 2.24 bits per heavy atom. The summed E-state index contributed by atoms with van der Waals surface area (Å²) < 4.78 is 0. The molecule has 3 unspecified atom stereocenters. The van der Waals surface area contributed by atoms with Gasteiger partial charge in [0.05, 0.1) is 0 Å². The van der Waals surface area contributed by atoms with Gasteiger partial charge in [0.1, 0.15) is 0 Å². The zero-order chi connectivity index (χ0) is 26.0. The third kappa shape index (κ3) is 14.0. The first-order chi connectivity index (χ1) is 15.5. The van der Waals surface area contributed by atoms with E-state index in [1.165, 1.54) is 10.5 Å². The van der Waals surface area contributed by atoms with Gasteiger partial charge in [0, 0.05) is 22.9 Å². The molecule has 0 spiro atoms. The van der Waals surface area contributed by atoms with E-state index in [0.29, 0.717) is 18.4 Å². The van der Waals surface area contributed by atoms with Crippen LogP contribution in [0.5, 0.6) is 0 Å². The zero-order valence-electron chi connectivity index (χ0n) is 22.4. The maximum atomic E-state index is 12.5. The van der Waals surface area contributed by atoms with E-state index in [0.717, 1.165) is 25.7 Å². The molecule has 4 nitrogen and oxygen atoms in total. The van der Waals surface area contributed by atoms with Crippen molar-refractivity contribution >= 4 is 24.1 Å². The van der Waals surface area contributed by atoms with E-state index < -0.39 is 0 Å². The first kappa shape index (κ1) is 33.2. The Morgan fingerprint density at radius 2 is 1.82 bits per heavy atom. The highest BCUT2D eigenvalue weighted by Crippen LogP contribution is 2.44. The Hall–Kier alpha value is -1.93. The summed E-state index contributed by atoms with van der Waals surface area (Å²) in [5.41, 5.74) is 1.16. The van der Waals surface area contributed by atoms with Crippen molar-refractivity contribution in [1.29, 1.82) is 0 Å². The minimum Gasteiger partial charge on any atom is -0.358 e. The third-order valence-corrected chi connectivity index (χ3v) is 6.62. The zero-order valence-corrected chi connectivity index (χ0v) is 23.2. The quantitative estimate of drug-likeness (QED) is 0.207. The smallest absolute Gasteiger partial charge is 0.224 e. The Balaban J connectivity index is 0. The van der Waals surface area contributed by atoms with Gasteiger partial charge in [0.25, 0.3) is 0 Å². The predicted molar refractivity (Wildman–Crippen MR) is 147 cm³/mol. The van der Waals surface area contributed by atoms with Crippen LogP contribution in [-0.4, -0.2) is 30.7 Å². The van der Waals surface area contributed by atoms with E-state index >= 15 is 0 Å². The number of carbonyl (C=O) groups excluding carboxylic acids is 2. The Labute approximate surface area is 208 Å². The minimum absolute atomic E-state index is 0.0516.